The van der Waals surface area contributed by atoms with Gasteiger partial charge in [0, 0.05) is 0 Å². The molecule has 0 N–H and O–H groups in total. The van der Waals surface area contributed by atoms with Crippen LogP contribution in [0.2, 0.25) is 0 Å². The van der Waals surface area contributed by atoms with E-state index < -0.39 is 0 Å². The van der Waals surface area contributed by atoms with Crippen molar-refractivity contribution in [3.63, 3.8) is 0 Å². The van der Waals surface area contributed by atoms with Gasteiger partial charge in [0.2, 0.25) is 0 Å². The van der Waals surface area contributed by atoms with Gasteiger partial charge in [-0.2, -0.15) is 0 Å². The highest BCUT2D eigenvalue weighted by Crippen LogP contribution is 2.62. The summed E-state index contributed by atoms with van der Waals surface area (Å²) in [4.78, 5) is 0. The molecular weight excluding hydrogens is 427 g/mol. The molecule has 35 heavy (non-hydrogen) atoms. The van der Waals surface area contributed by atoms with Crippen molar-refractivity contribution < 1.29 is 9.31 Å². The molecule has 3 aromatic rings. The van der Waals surface area contributed by atoms with Crippen LogP contribution >= 0.6 is 0 Å². The summed E-state index contributed by atoms with van der Waals surface area (Å²) in [6.45, 7) is 8.46. The lowest BCUT2D eigenvalue weighted by molar-refractivity contribution is 0.00578. The molecule has 7 rings (SSSR count). The van der Waals surface area contributed by atoms with Crippen LogP contribution in [0.25, 0.3) is 16.7 Å². The van der Waals surface area contributed by atoms with E-state index in [2.05, 4.69) is 119 Å². The van der Waals surface area contributed by atoms with Crippen LogP contribution in [-0.4, -0.2) is 18.3 Å². The van der Waals surface area contributed by atoms with Crippen LogP contribution in [0.15, 0.2) is 96.6 Å². The van der Waals surface area contributed by atoms with Crippen molar-refractivity contribution in [1.82, 2.24) is 0 Å². The number of rotatable bonds is 1. The first-order valence-corrected chi connectivity index (χ1v) is 12.6. The topological polar surface area (TPSA) is 18.5 Å². The largest absolute Gasteiger partial charge is 0.494 e. The number of hydrogen-bond acceptors (Lipinski definition) is 2. The zero-order valence-corrected chi connectivity index (χ0v) is 20.8. The molecule has 4 aliphatic rings. The third-order valence-corrected chi connectivity index (χ3v) is 8.75. The van der Waals surface area contributed by atoms with E-state index in [1.54, 1.807) is 0 Å². The van der Waals surface area contributed by atoms with Crippen LogP contribution in [0.5, 0.6) is 0 Å². The van der Waals surface area contributed by atoms with Crippen molar-refractivity contribution in [2.45, 2.75) is 50.7 Å². The van der Waals surface area contributed by atoms with Crippen LogP contribution in [0.4, 0.5) is 0 Å². The molecule has 0 bridgehead atoms. The zero-order chi connectivity index (χ0) is 24.0. The number of fused-ring (bicyclic) bond motifs is 9. The van der Waals surface area contributed by atoms with Gasteiger partial charge in [-0.3, -0.25) is 0 Å². The van der Waals surface area contributed by atoms with Gasteiger partial charge in [-0.25, -0.2) is 0 Å². The van der Waals surface area contributed by atoms with Crippen molar-refractivity contribution in [1.29, 1.82) is 0 Å². The van der Waals surface area contributed by atoms with Crippen LogP contribution in [-0.2, 0) is 14.7 Å². The molecule has 0 radical (unpaired) electrons. The van der Waals surface area contributed by atoms with Crippen LogP contribution in [0.3, 0.4) is 0 Å². The van der Waals surface area contributed by atoms with Crippen molar-refractivity contribution in [2.24, 2.45) is 0 Å². The first-order valence-electron chi connectivity index (χ1n) is 12.6. The number of hydrogen-bond donors (Lipinski definition) is 0. The SMILES string of the molecule is CC1(C)OB(c2ccc3c(c2)C2(C4=C3C=CCC=C4)c3ccccc3-c3ccccc32)OC1(C)C. The highest BCUT2D eigenvalue weighted by molar-refractivity contribution is 6.62. The molecule has 1 fully saturated rings. The standard InChI is InChI=1S/C32H29BO2/c1-30(2)31(3,4)35-33(34-30)21-18-19-25-24-12-6-5-7-15-26(24)32(29(25)20-21)27-16-10-8-13-22(27)23-14-9-11-17-28(23)32/h6-20H,5H2,1-4H3. The Morgan fingerprint density at radius 3 is 1.91 bits per heavy atom. The number of benzene rings is 3. The van der Waals surface area contributed by atoms with Crippen LogP contribution in [0, 0.1) is 0 Å². The quantitative estimate of drug-likeness (QED) is 0.385. The summed E-state index contributed by atoms with van der Waals surface area (Å²) < 4.78 is 12.9. The lowest BCUT2D eigenvalue weighted by atomic mass is 9.67. The fourth-order valence-corrected chi connectivity index (χ4v) is 6.39. The van der Waals surface area contributed by atoms with E-state index >= 15 is 0 Å². The van der Waals surface area contributed by atoms with Gasteiger partial charge in [-0.1, -0.05) is 91.0 Å². The van der Waals surface area contributed by atoms with Gasteiger partial charge in [0.05, 0.1) is 16.6 Å². The predicted molar refractivity (Wildman–Crippen MR) is 144 cm³/mol. The molecule has 0 amide bonds. The van der Waals surface area contributed by atoms with Crippen molar-refractivity contribution in [3.05, 3.63) is 119 Å². The second-order valence-corrected chi connectivity index (χ2v) is 11.1. The Bertz CT molecular complexity index is 1430. The van der Waals surface area contributed by atoms with Gasteiger partial charge >= 0.3 is 7.12 Å². The molecule has 3 heteroatoms. The summed E-state index contributed by atoms with van der Waals surface area (Å²) in [5, 5.41) is 0. The van der Waals surface area contributed by atoms with E-state index in [0.29, 0.717) is 0 Å². The number of allylic oxidation sites excluding steroid dienone is 6. The molecular formula is C32H29BO2. The third-order valence-electron chi connectivity index (χ3n) is 8.75. The second kappa shape index (κ2) is 6.97. The summed E-state index contributed by atoms with van der Waals surface area (Å²) >= 11 is 0. The summed E-state index contributed by atoms with van der Waals surface area (Å²) in [5.74, 6) is 0. The maximum absolute atomic E-state index is 6.47. The van der Waals surface area contributed by atoms with E-state index in [9.17, 15) is 0 Å². The normalized spacial score (nSPS) is 21.7. The zero-order valence-electron chi connectivity index (χ0n) is 20.8. The molecule has 0 unspecified atom stereocenters. The van der Waals surface area contributed by atoms with Crippen molar-refractivity contribution >= 4 is 18.2 Å². The van der Waals surface area contributed by atoms with E-state index in [0.717, 1.165) is 11.9 Å². The van der Waals surface area contributed by atoms with Gasteiger partial charge in [-0.15, -0.1) is 0 Å². The molecule has 1 saturated heterocycles. The van der Waals surface area contributed by atoms with E-state index in [-0.39, 0.29) is 23.7 Å². The molecule has 1 spiro atoms. The van der Waals surface area contributed by atoms with Gasteiger partial charge < -0.3 is 9.31 Å². The molecule has 0 atom stereocenters. The highest BCUT2D eigenvalue weighted by atomic mass is 16.7. The maximum atomic E-state index is 6.47. The Morgan fingerprint density at radius 1 is 0.657 bits per heavy atom. The van der Waals surface area contributed by atoms with E-state index in [4.69, 9.17) is 9.31 Å². The Hall–Kier alpha value is -3.14. The lowest BCUT2D eigenvalue weighted by Gasteiger charge is -2.32. The Kier molecular flexibility index (Phi) is 4.21. The van der Waals surface area contributed by atoms with Gasteiger partial charge in [0.25, 0.3) is 0 Å². The van der Waals surface area contributed by atoms with Crippen LogP contribution in [0.1, 0.15) is 56.4 Å². The fraction of sp³-hybridized carbons (Fsp3) is 0.250. The first-order chi connectivity index (χ1) is 16.8. The minimum absolute atomic E-state index is 0.345. The maximum Gasteiger partial charge on any atom is 0.494 e. The lowest BCUT2D eigenvalue weighted by Crippen LogP contribution is -2.41. The summed E-state index contributed by atoms with van der Waals surface area (Å²) in [6, 6.07) is 24.7. The van der Waals surface area contributed by atoms with Crippen molar-refractivity contribution in [3.8, 4) is 11.1 Å². The van der Waals surface area contributed by atoms with Crippen LogP contribution < -0.4 is 5.46 Å². The molecule has 3 aliphatic carbocycles. The van der Waals surface area contributed by atoms with Gasteiger partial charge in [-0.05, 0) is 84.1 Å². The average molecular weight is 456 g/mol. The summed E-state index contributed by atoms with van der Waals surface area (Å²) in [5.41, 5.74) is 10.7. The average Bonchev–Trinajstić information content (AvgIpc) is 3.26. The minimum atomic E-state index is -0.388. The molecule has 172 valence electrons. The summed E-state index contributed by atoms with van der Waals surface area (Å²) in [7, 11) is -0.388. The molecule has 0 saturated carbocycles. The predicted octanol–water partition coefficient (Wildman–Crippen LogP) is 6.58. The first kappa shape index (κ1) is 21.2. The molecule has 1 aliphatic heterocycles. The van der Waals surface area contributed by atoms with E-state index in [1.165, 1.54) is 44.5 Å². The monoisotopic (exact) mass is 456 g/mol. The smallest absolute Gasteiger partial charge is 0.399 e. The summed E-state index contributed by atoms with van der Waals surface area (Å²) in [6.07, 6.45) is 10.2. The second-order valence-electron chi connectivity index (χ2n) is 11.1. The fourth-order valence-electron chi connectivity index (χ4n) is 6.39. The molecule has 3 aromatic carbocycles. The highest BCUT2D eigenvalue weighted by Gasteiger charge is 2.54. The Labute approximate surface area is 208 Å². The van der Waals surface area contributed by atoms with Crippen molar-refractivity contribution in [2.75, 3.05) is 0 Å². The molecule has 1 heterocycles. The third kappa shape index (κ3) is 2.63. The Morgan fingerprint density at radius 2 is 1.26 bits per heavy atom. The molecule has 0 aromatic heterocycles. The van der Waals surface area contributed by atoms with Gasteiger partial charge in [0.1, 0.15) is 0 Å². The molecule has 2 nitrogen and oxygen atoms in total. The Balaban J connectivity index is 1.53. The van der Waals surface area contributed by atoms with Gasteiger partial charge in [0.15, 0.2) is 0 Å². The minimum Gasteiger partial charge on any atom is -0.399 e. The van der Waals surface area contributed by atoms with E-state index in [1.807, 2.05) is 0 Å².